The molecule has 3 aliphatic heterocycles. The third kappa shape index (κ3) is 2.69. The van der Waals surface area contributed by atoms with Crippen LogP contribution in [0.5, 0.6) is 5.75 Å². The number of hydrogen-bond acceptors (Lipinski definition) is 8. The van der Waals surface area contributed by atoms with Crippen LogP contribution in [-0.2, 0) is 20.8 Å². The Balaban J connectivity index is 1.54. The van der Waals surface area contributed by atoms with Gasteiger partial charge in [-0.2, -0.15) is 0 Å². The van der Waals surface area contributed by atoms with E-state index in [1.165, 1.54) is 6.07 Å². The molecule has 1 aromatic heterocycles. The maximum absolute atomic E-state index is 15.3. The monoisotopic (exact) mass is 402 g/mol. The predicted octanol–water partition coefficient (Wildman–Crippen LogP) is 1.67. The Morgan fingerprint density at radius 2 is 2.21 bits per heavy atom. The summed E-state index contributed by atoms with van der Waals surface area (Å²) in [7, 11) is 0. The number of halogens is 1. The molecule has 1 aromatic carbocycles. The summed E-state index contributed by atoms with van der Waals surface area (Å²) in [6, 6.07) is 2.97. The van der Waals surface area contributed by atoms with Gasteiger partial charge >= 0.3 is 6.09 Å². The second-order valence-electron chi connectivity index (χ2n) is 6.75. The highest BCUT2D eigenvalue weighted by atomic mass is 19.1. The van der Waals surface area contributed by atoms with Gasteiger partial charge in [-0.1, -0.05) is 10.3 Å². The first-order valence-electron chi connectivity index (χ1n) is 8.94. The van der Waals surface area contributed by atoms with Crippen molar-refractivity contribution in [3.8, 4) is 17.1 Å². The quantitative estimate of drug-likeness (QED) is 0.827. The first-order valence-corrected chi connectivity index (χ1v) is 8.94. The minimum atomic E-state index is -1.14. The summed E-state index contributed by atoms with van der Waals surface area (Å²) in [6.07, 6.45) is 0.303. The number of fused-ring (bicyclic) bond motifs is 3. The zero-order valence-electron chi connectivity index (χ0n) is 15.0. The number of carbonyl (C=O) groups is 2. The van der Waals surface area contributed by atoms with Gasteiger partial charge < -0.3 is 24.6 Å². The van der Waals surface area contributed by atoms with Crippen LogP contribution in [0.2, 0.25) is 0 Å². The Morgan fingerprint density at radius 1 is 1.34 bits per heavy atom. The molecule has 1 saturated heterocycles. The van der Waals surface area contributed by atoms with Crippen molar-refractivity contribution in [2.45, 2.75) is 25.0 Å². The molecule has 0 spiro atoms. The Morgan fingerprint density at radius 3 is 2.93 bits per heavy atom. The summed E-state index contributed by atoms with van der Waals surface area (Å²) in [6.45, 7) is -0.00286. The zero-order chi connectivity index (χ0) is 20.1. The fourth-order valence-electron chi connectivity index (χ4n) is 3.62. The summed E-state index contributed by atoms with van der Waals surface area (Å²) in [5.41, 5.74) is 6.84. The van der Waals surface area contributed by atoms with Gasteiger partial charge in [0, 0.05) is 24.6 Å². The molecule has 2 aromatic rings. The lowest BCUT2D eigenvalue weighted by atomic mass is 10.0. The van der Waals surface area contributed by atoms with Gasteiger partial charge in [-0.3, -0.25) is 9.69 Å². The van der Waals surface area contributed by atoms with E-state index in [0.29, 0.717) is 29.9 Å². The number of benzene rings is 1. The molecule has 2 amide bonds. The topological polar surface area (TPSA) is 129 Å². The molecule has 2 N–H and O–H groups in total. The van der Waals surface area contributed by atoms with Gasteiger partial charge in [0.2, 0.25) is 0 Å². The number of nitrogens with two attached hydrogens (primary N) is 1. The van der Waals surface area contributed by atoms with Crippen LogP contribution in [0.25, 0.3) is 11.3 Å². The average molecular weight is 402 g/mol. The molecule has 3 aliphatic rings. The Bertz CT molecular complexity index is 1040. The van der Waals surface area contributed by atoms with E-state index >= 15 is 4.39 Å². The van der Waals surface area contributed by atoms with Gasteiger partial charge in [0.15, 0.2) is 29.5 Å². The average Bonchev–Trinajstić information content (AvgIpc) is 3.41. The van der Waals surface area contributed by atoms with Crippen LogP contribution in [0.3, 0.4) is 0 Å². The fraction of sp³-hybridized carbons (Fsp3) is 0.333. The lowest BCUT2D eigenvalue weighted by molar-refractivity contribution is -0.124. The van der Waals surface area contributed by atoms with Crippen LogP contribution in [0.1, 0.15) is 23.8 Å². The summed E-state index contributed by atoms with van der Waals surface area (Å²) >= 11 is 0. The first kappa shape index (κ1) is 17.5. The first-order chi connectivity index (χ1) is 14.0. The van der Waals surface area contributed by atoms with Crippen molar-refractivity contribution < 1.29 is 32.8 Å². The molecule has 11 heteroatoms. The Hall–Kier alpha value is -3.63. The second kappa shape index (κ2) is 6.47. The molecule has 0 aliphatic carbocycles. The van der Waals surface area contributed by atoms with E-state index in [1.807, 2.05) is 0 Å². The van der Waals surface area contributed by atoms with Crippen LogP contribution >= 0.6 is 0 Å². The van der Waals surface area contributed by atoms with Crippen LogP contribution in [0, 0.1) is 5.82 Å². The van der Waals surface area contributed by atoms with E-state index in [0.717, 1.165) is 10.5 Å². The smallest absolute Gasteiger partial charge is 0.415 e. The molecule has 10 nitrogen and oxygen atoms in total. The van der Waals surface area contributed by atoms with Crippen molar-refractivity contribution in [1.82, 2.24) is 5.16 Å². The number of hydrogen-bond donors (Lipinski definition) is 1. The highest BCUT2D eigenvalue weighted by Crippen LogP contribution is 2.43. The number of aromatic nitrogens is 1. The van der Waals surface area contributed by atoms with Crippen molar-refractivity contribution in [3.63, 3.8) is 0 Å². The highest BCUT2D eigenvalue weighted by molar-refractivity contribution is 5.96. The zero-order valence-corrected chi connectivity index (χ0v) is 15.0. The molecular weight excluding hydrogens is 387 g/mol. The van der Waals surface area contributed by atoms with Crippen LogP contribution < -0.4 is 15.4 Å². The molecular formula is C18H15FN4O6. The maximum atomic E-state index is 15.3. The third-order valence-electron chi connectivity index (χ3n) is 5.05. The van der Waals surface area contributed by atoms with E-state index in [-0.39, 0.29) is 30.7 Å². The predicted molar refractivity (Wildman–Crippen MR) is 94.8 cm³/mol. The largest absolute Gasteiger partial charge is 0.489 e. The second-order valence-corrected chi connectivity index (χ2v) is 6.75. The summed E-state index contributed by atoms with van der Waals surface area (Å²) in [4.78, 5) is 29.6. The molecule has 0 saturated carbocycles. The van der Waals surface area contributed by atoms with E-state index in [9.17, 15) is 9.59 Å². The third-order valence-corrected chi connectivity index (χ3v) is 5.05. The minimum absolute atomic E-state index is 0.0668. The summed E-state index contributed by atoms with van der Waals surface area (Å²) in [5, 5.41) is 7.85. The van der Waals surface area contributed by atoms with Gasteiger partial charge in [0.1, 0.15) is 5.69 Å². The van der Waals surface area contributed by atoms with E-state index in [4.69, 9.17) is 24.6 Å². The molecule has 4 heterocycles. The lowest BCUT2D eigenvalue weighted by Gasteiger charge is -2.17. The molecule has 150 valence electrons. The van der Waals surface area contributed by atoms with E-state index in [1.54, 1.807) is 12.3 Å². The van der Waals surface area contributed by atoms with Crippen molar-refractivity contribution in [2.24, 2.45) is 10.9 Å². The summed E-state index contributed by atoms with van der Waals surface area (Å²) < 4.78 is 31.3. The number of anilines is 1. The standard InChI is InChI=1S/C18H15FN4O6/c19-13-10(23-7-12(17(20)24)27-18(23)25)2-1-9-15-8(4-6-26-16(9)13)14(22-29-15)11-3-5-21-28-11/h1-2,5,11-12H,3-4,6-7H2,(H2,20,24)/t11?,12-/m1/s1. The molecule has 5 rings (SSSR count). The molecule has 29 heavy (non-hydrogen) atoms. The van der Waals surface area contributed by atoms with Crippen LogP contribution in [0.15, 0.2) is 21.8 Å². The minimum Gasteiger partial charge on any atom is -0.489 e. The van der Waals surface area contributed by atoms with Crippen LogP contribution in [-0.4, -0.2) is 42.6 Å². The molecule has 1 fully saturated rings. The van der Waals surface area contributed by atoms with Crippen molar-refractivity contribution in [3.05, 3.63) is 29.2 Å². The van der Waals surface area contributed by atoms with Crippen molar-refractivity contribution in [1.29, 1.82) is 0 Å². The molecule has 0 radical (unpaired) electrons. The lowest BCUT2D eigenvalue weighted by Crippen LogP contribution is -2.32. The number of rotatable bonds is 3. The van der Waals surface area contributed by atoms with Crippen molar-refractivity contribution >= 4 is 23.9 Å². The Labute approximate surface area is 162 Å². The van der Waals surface area contributed by atoms with E-state index < -0.39 is 23.9 Å². The normalized spacial score (nSPS) is 22.4. The number of amides is 2. The summed E-state index contributed by atoms with van der Waals surface area (Å²) in [5.74, 6) is -1.25. The van der Waals surface area contributed by atoms with Gasteiger partial charge in [0.05, 0.1) is 24.4 Å². The van der Waals surface area contributed by atoms with Gasteiger partial charge in [-0.15, -0.1) is 0 Å². The number of oxime groups is 1. The SMILES string of the molecule is NC(=O)[C@H]1CN(c2ccc3c(c2F)OCCc2c(C4CC=NO4)noc2-3)C(=O)O1. The molecule has 0 bridgehead atoms. The number of primary amides is 1. The molecule has 1 unspecified atom stereocenters. The fourth-order valence-corrected chi connectivity index (χ4v) is 3.62. The number of ether oxygens (including phenoxy) is 2. The molecule has 2 atom stereocenters. The number of carbonyl (C=O) groups excluding carboxylic acids is 2. The number of nitrogens with zero attached hydrogens (tertiary/aromatic N) is 3. The maximum Gasteiger partial charge on any atom is 0.415 e. The number of cyclic esters (lactones) is 1. The van der Waals surface area contributed by atoms with Gasteiger partial charge in [0.25, 0.3) is 5.91 Å². The van der Waals surface area contributed by atoms with Gasteiger partial charge in [-0.25, -0.2) is 9.18 Å². The van der Waals surface area contributed by atoms with Gasteiger partial charge in [-0.05, 0) is 12.1 Å². The van der Waals surface area contributed by atoms with Crippen molar-refractivity contribution in [2.75, 3.05) is 18.1 Å². The Kier molecular flexibility index (Phi) is 3.89. The van der Waals surface area contributed by atoms with Crippen LogP contribution in [0.4, 0.5) is 14.9 Å². The van der Waals surface area contributed by atoms with E-state index in [2.05, 4.69) is 10.3 Å². The highest BCUT2D eigenvalue weighted by Gasteiger charge is 2.39.